The molecule has 1 N–H and O–H groups in total. The summed E-state index contributed by atoms with van der Waals surface area (Å²) in [6, 6.07) is 6.07. The van der Waals surface area contributed by atoms with Gasteiger partial charge >= 0.3 is 0 Å². The van der Waals surface area contributed by atoms with Gasteiger partial charge in [0.2, 0.25) is 5.91 Å². The highest BCUT2D eigenvalue weighted by Gasteiger charge is 2.23. The summed E-state index contributed by atoms with van der Waals surface area (Å²) in [4.78, 5) is 13.8. The number of anilines is 1. The Balaban J connectivity index is 2.03. The third-order valence-electron chi connectivity index (χ3n) is 3.08. The number of nitrogens with zero attached hydrogens (tertiary/aromatic N) is 1. The van der Waals surface area contributed by atoms with E-state index in [9.17, 15) is 9.18 Å². The molecule has 4 heteroatoms. The van der Waals surface area contributed by atoms with Crippen LogP contribution in [0.15, 0.2) is 24.3 Å². The summed E-state index contributed by atoms with van der Waals surface area (Å²) in [6.07, 6.45) is 0.568. The molecule has 1 heterocycles. The van der Waals surface area contributed by atoms with Crippen LogP contribution in [-0.2, 0) is 4.79 Å². The smallest absolute Gasteiger partial charge is 0.227 e. The molecule has 0 aromatic heterocycles. The Morgan fingerprint density at radius 1 is 1.41 bits per heavy atom. The zero-order chi connectivity index (χ0) is 12.3. The van der Waals surface area contributed by atoms with Gasteiger partial charge in [0, 0.05) is 18.7 Å². The van der Waals surface area contributed by atoms with Crippen molar-refractivity contribution in [2.24, 2.45) is 5.92 Å². The molecule has 1 aliphatic rings. The van der Waals surface area contributed by atoms with Gasteiger partial charge in [-0.2, -0.15) is 0 Å². The van der Waals surface area contributed by atoms with Crippen molar-refractivity contribution < 1.29 is 9.18 Å². The molecule has 0 bridgehead atoms. The molecule has 1 saturated heterocycles. The second-order valence-electron chi connectivity index (χ2n) is 4.34. The SMILES string of the molecule is CCN(C(=O)CC1CNC1)c1ccc(F)cc1. The lowest BCUT2D eigenvalue weighted by molar-refractivity contribution is -0.119. The summed E-state index contributed by atoms with van der Waals surface area (Å²) in [5, 5.41) is 3.15. The molecule has 0 saturated carbocycles. The van der Waals surface area contributed by atoms with E-state index in [0.29, 0.717) is 18.9 Å². The summed E-state index contributed by atoms with van der Waals surface area (Å²) in [7, 11) is 0. The van der Waals surface area contributed by atoms with Crippen molar-refractivity contribution in [3.63, 3.8) is 0 Å². The van der Waals surface area contributed by atoms with Crippen LogP contribution in [0.1, 0.15) is 13.3 Å². The van der Waals surface area contributed by atoms with Crippen molar-refractivity contribution in [3.8, 4) is 0 Å². The quantitative estimate of drug-likeness (QED) is 0.864. The average molecular weight is 236 g/mol. The van der Waals surface area contributed by atoms with Crippen LogP contribution in [0, 0.1) is 11.7 Å². The zero-order valence-corrected chi connectivity index (χ0v) is 9.95. The van der Waals surface area contributed by atoms with E-state index in [4.69, 9.17) is 0 Å². The minimum atomic E-state index is -0.277. The van der Waals surface area contributed by atoms with E-state index in [1.54, 1.807) is 17.0 Å². The van der Waals surface area contributed by atoms with Crippen molar-refractivity contribution in [2.45, 2.75) is 13.3 Å². The first-order chi connectivity index (χ1) is 8.20. The number of hydrogen-bond acceptors (Lipinski definition) is 2. The number of halogens is 1. The first-order valence-electron chi connectivity index (χ1n) is 5.97. The fourth-order valence-corrected chi connectivity index (χ4v) is 1.97. The van der Waals surface area contributed by atoms with Crippen LogP contribution in [0.2, 0.25) is 0 Å². The summed E-state index contributed by atoms with van der Waals surface area (Å²) < 4.78 is 12.8. The van der Waals surface area contributed by atoms with E-state index in [1.165, 1.54) is 12.1 Å². The van der Waals surface area contributed by atoms with Crippen molar-refractivity contribution in [1.29, 1.82) is 0 Å². The zero-order valence-electron chi connectivity index (χ0n) is 9.95. The van der Waals surface area contributed by atoms with Crippen LogP contribution in [-0.4, -0.2) is 25.5 Å². The average Bonchev–Trinajstić information content (AvgIpc) is 2.27. The van der Waals surface area contributed by atoms with E-state index in [2.05, 4.69) is 5.32 Å². The lowest BCUT2D eigenvalue weighted by Gasteiger charge is -2.29. The molecule has 0 radical (unpaired) electrons. The maximum atomic E-state index is 12.8. The van der Waals surface area contributed by atoms with Gasteiger partial charge in [0.05, 0.1) is 0 Å². The lowest BCUT2D eigenvalue weighted by Crippen LogP contribution is -2.45. The van der Waals surface area contributed by atoms with Gasteiger partial charge in [0.25, 0.3) is 0 Å². The number of nitrogens with one attached hydrogen (secondary N) is 1. The predicted octanol–water partition coefficient (Wildman–Crippen LogP) is 1.79. The maximum absolute atomic E-state index is 12.8. The normalized spacial score (nSPS) is 15.4. The van der Waals surface area contributed by atoms with Crippen LogP contribution in [0.25, 0.3) is 0 Å². The second-order valence-corrected chi connectivity index (χ2v) is 4.34. The Hall–Kier alpha value is -1.42. The highest BCUT2D eigenvalue weighted by molar-refractivity contribution is 5.93. The van der Waals surface area contributed by atoms with Crippen LogP contribution in [0.5, 0.6) is 0 Å². The largest absolute Gasteiger partial charge is 0.316 e. The number of amides is 1. The van der Waals surface area contributed by atoms with Gasteiger partial charge in [-0.05, 0) is 50.2 Å². The van der Waals surface area contributed by atoms with E-state index < -0.39 is 0 Å². The van der Waals surface area contributed by atoms with Crippen LogP contribution >= 0.6 is 0 Å². The van der Waals surface area contributed by atoms with Gasteiger partial charge in [-0.3, -0.25) is 4.79 Å². The standard InChI is InChI=1S/C13H17FN2O/c1-2-16(12-5-3-11(14)4-6-12)13(17)7-10-8-15-9-10/h3-6,10,15H,2,7-9H2,1H3. The monoisotopic (exact) mass is 236 g/mol. The number of hydrogen-bond donors (Lipinski definition) is 1. The summed E-state index contributed by atoms with van der Waals surface area (Å²) in [5.41, 5.74) is 0.770. The van der Waals surface area contributed by atoms with Gasteiger partial charge in [-0.25, -0.2) is 4.39 Å². The van der Waals surface area contributed by atoms with E-state index in [-0.39, 0.29) is 11.7 Å². The fraction of sp³-hybridized carbons (Fsp3) is 0.462. The number of carbonyl (C=O) groups excluding carboxylic acids is 1. The Bertz CT molecular complexity index is 387. The Kier molecular flexibility index (Phi) is 3.74. The molecule has 1 aromatic carbocycles. The van der Waals surface area contributed by atoms with E-state index in [1.807, 2.05) is 6.92 Å². The number of carbonyl (C=O) groups is 1. The third kappa shape index (κ3) is 2.82. The molecule has 2 rings (SSSR count). The van der Waals surface area contributed by atoms with Gasteiger partial charge in [-0.15, -0.1) is 0 Å². The molecule has 0 aliphatic carbocycles. The third-order valence-corrected chi connectivity index (χ3v) is 3.08. The highest BCUT2D eigenvalue weighted by atomic mass is 19.1. The van der Waals surface area contributed by atoms with Crippen molar-refractivity contribution in [1.82, 2.24) is 5.32 Å². The fourth-order valence-electron chi connectivity index (χ4n) is 1.97. The van der Waals surface area contributed by atoms with Gasteiger partial charge in [-0.1, -0.05) is 0 Å². The molecular weight excluding hydrogens is 219 g/mol. The minimum Gasteiger partial charge on any atom is -0.316 e. The van der Waals surface area contributed by atoms with Crippen LogP contribution in [0.4, 0.5) is 10.1 Å². The molecule has 1 aromatic rings. The summed E-state index contributed by atoms with van der Waals surface area (Å²) in [6.45, 7) is 4.39. The second kappa shape index (κ2) is 5.27. The van der Waals surface area contributed by atoms with E-state index in [0.717, 1.165) is 18.8 Å². The molecule has 1 amide bonds. The van der Waals surface area contributed by atoms with Gasteiger partial charge in [0.15, 0.2) is 0 Å². The Morgan fingerprint density at radius 3 is 2.53 bits per heavy atom. The van der Waals surface area contributed by atoms with Gasteiger partial charge in [0.1, 0.15) is 5.82 Å². The number of rotatable bonds is 4. The van der Waals surface area contributed by atoms with E-state index >= 15 is 0 Å². The highest BCUT2D eigenvalue weighted by Crippen LogP contribution is 2.18. The molecule has 3 nitrogen and oxygen atoms in total. The molecule has 0 unspecified atom stereocenters. The van der Waals surface area contributed by atoms with Crippen molar-refractivity contribution in [3.05, 3.63) is 30.1 Å². The summed E-state index contributed by atoms with van der Waals surface area (Å²) >= 11 is 0. The van der Waals surface area contributed by atoms with Crippen LogP contribution in [0.3, 0.4) is 0 Å². The molecule has 1 aliphatic heterocycles. The molecule has 92 valence electrons. The van der Waals surface area contributed by atoms with Gasteiger partial charge < -0.3 is 10.2 Å². The molecule has 0 atom stereocenters. The minimum absolute atomic E-state index is 0.116. The molecule has 17 heavy (non-hydrogen) atoms. The summed E-state index contributed by atoms with van der Waals surface area (Å²) in [5.74, 6) is 0.294. The molecule has 1 fully saturated rings. The molecule has 0 spiro atoms. The van der Waals surface area contributed by atoms with Crippen LogP contribution < -0.4 is 10.2 Å². The first kappa shape index (κ1) is 12.0. The first-order valence-corrected chi connectivity index (χ1v) is 5.97. The van der Waals surface area contributed by atoms with Crippen molar-refractivity contribution >= 4 is 11.6 Å². The lowest BCUT2D eigenvalue weighted by atomic mass is 9.98. The Labute approximate surface area is 101 Å². The topological polar surface area (TPSA) is 32.3 Å². The maximum Gasteiger partial charge on any atom is 0.227 e. The Morgan fingerprint density at radius 2 is 2.06 bits per heavy atom. The number of benzene rings is 1. The predicted molar refractivity (Wildman–Crippen MR) is 65.4 cm³/mol. The van der Waals surface area contributed by atoms with Crippen molar-refractivity contribution in [2.75, 3.05) is 24.5 Å². The molecular formula is C13H17FN2O.